The molecule has 1 aliphatic rings. The molecule has 9 heteroatoms. The van der Waals surface area contributed by atoms with Crippen LogP contribution in [0.25, 0.3) is 5.69 Å². The fourth-order valence-corrected chi connectivity index (χ4v) is 3.62. The Bertz CT molecular complexity index is 826. The second-order valence-electron chi connectivity index (χ2n) is 6.40. The monoisotopic (exact) mass is 364 g/mol. The van der Waals surface area contributed by atoms with Gasteiger partial charge in [-0.1, -0.05) is 18.2 Å². The summed E-state index contributed by atoms with van der Waals surface area (Å²) in [6.45, 7) is 4.79. The number of likely N-dealkylation sites (tertiary alicyclic amines) is 1. The van der Waals surface area contributed by atoms with E-state index in [1.807, 2.05) is 32.0 Å². The largest absolute Gasteiger partial charge is 0.465 e. The lowest BCUT2D eigenvalue weighted by Gasteiger charge is -2.18. The highest BCUT2D eigenvalue weighted by atomic mass is 32.1. The van der Waals surface area contributed by atoms with Crippen LogP contribution in [-0.4, -0.2) is 56.7 Å². The predicted molar refractivity (Wildman–Crippen MR) is 91.9 cm³/mol. The number of carbonyl (C=O) groups is 1. The number of hydrogen-bond donors (Lipinski definition) is 2. The van der Waals surface area contributed by atoms with Crippen LogP contribution in [0.1, 0.15) is 17.5 Å². The highest BCUT2D eigenvalue weighted by Gasteiger charge is 2.41. The van der Waals surface area contributed by atoms with Gasteiger partial charge in [-0.3, -0.25) is 0 Å². The summed E-state index contributed by atoms with van der Waals surface area (Å²) in [5.74, 6) is -0.333. The van der Waals surface area contributed by atoms with Gasteiger partial charge >= 0.3 is 5.97 Å². The van der Waals surface area contributed by atoms with Crippen molar-refractivity contribution in [2.24, 2.45) is 0 Å². The van der Waals surface area contributed by atoms with Gasteiger partial charge in [-0.15, -0.1) is 0 Å². The number of methoxy groups -OCH3 is 1. The summed E-state index contributed by atoms with van der Waals surface area (Å²) in [7, 11) is 1.35. The first kappa shape index (κ1) is 17.7. The van der Waals surface area contributed by atoms with Gasteiger partial charge < -0.3 is 14.7 Å². The number of benzene rings is 1. The van der Waals surface area contributed by atoms with Crippen LogP contribution in [0.2, 0.25) is 0 Å². The number of hydrogen-bond acceptors (Lipinski definition) is 6. The Kier molecular flexibility index (Phi) is 4.98. The Morgan fingerprint density at radius 3 is 2.72 bits per heavy atom. The highest BCUT2D eigenvalue weighted by molar-refractivity contribution is 7.71. The van der Waals surface area contributed by atoms with Gasteiger partial charge in [0.25, 0.3) is 0 Å². The van der Waals surface area contributed by atoms with E-state index in [-0.39, 0.29) is 5.97 Å². The minimum absolute atomic E-state index is 0.333. The normalized spacial score (nSPS) is 23.0. The van der Waals surface area contributed by atoms with Crippen LogP contribution in [0.3, 0.4) is 0 Å². The second kappa shape index (κ2) is 7.03. The first-order valence-electron chi connectivity index (χ1n) is 8.12. The number of nitrogens with zero attached hydrogens (tertiary/aromatic N) is 4. The molecule has 0 bridgehead atoms. The molecule has 2 N–H and O–H groups in total. The zero-order chi connectivity index (χ0) is 18.1. The lowest BCUT2D eigenvalue weighted by molar-refractivity contribution is -0.928. The Morgan fingerprint density at radius 2 is 2.08 bits per heavy atom. The Balaban J connectivity index is 1.89. The summed E-state index contributed by atoms with van der Waals surface area (Å²) in [4.78, 5) is 12.8. The Morgan fingerprint density at radius 1 is 1.40 bits per heavy atom. The maximum absolute atomic E-state index is 11.9. The summed E-state index contributed by atoms with van der Waals surface area (Å²) in [6.07, 6.45) is -0.165. The summed E-state index contributed by atoms with van der Waals surface area (Å²) in [5.41, 5.74) is 3.03. The van der Waals surface area contributed by atoms with Gasteiger partial charge in [0.05, 0.1) is 12.8 Å². The van der Waals surface area contributed by atoms with Crippen LogP contribution in [-0.2, 0) is 16.2 Å². The number of rotatable bonds is 4. The topological polar surface area (TPSA) is 86.6 Å². The van der Waals surface area contributed by atoms with E-state index in [1.54, 1.807) is 9.36 Å². The average Bonchev–Trinajstić information content (AvgIpc) is 3.11. The molecule has 0 saturated carbocycles. The average molecular weight is 364 g/mol. The van der Waals surface area contributed by atoms with E-state index in [4.69, 9.17) is 17.0 Å². The number of aromatic nitrogens is 4. The zero-order valence-electron chi connectivity index (χ0n) is 14.5. The van der Waals surface area contributed by atoms with Gasteiger partial charge in [-0.2, -0.15) is 9.36 Å². The maximum atomic E-state index is 11.9. The molecule has 0 aliphatic carbocycles. The molecule has 1 fully saturated rings. The van der Waals surface area contributed by atoms with Crippen molar-refractivity contribution >= 4 is 18.2 Å². The van der Waals surface area contributed by atoms with Gasteiger partial charge in [-0.25, -0.2) is 4.79 Å². The van der Waals surface area contributed by atoms with Gasteiger partial charge in [0.2, 0.25) is 4.77 Å². The van der Waals surface area contributed by atoms with E-state index in [0.717, 1.165) is 21.7 Å². The van der Waals surface area contributed by atoms with Crippen LogP contribution >= 0.6 is 12.2 Å². The SMILES string of the molecule is COC(=O)[C@@H]1C[C@H](O)C[NH+]1Cn1nnn(-c2c(C)cccc2C)c1=S. The second-order valence-corrected chi connectivity index (χ2v) is 6.76. The number of aliphatic hydroxyl groups is 1. The molecular formula is C16H22N5O3S+. The quantitative estimate of drug-likeness (QED) is 0.565. The number of tetrazole rings is 1. The van der Waals surface area contributed by atoms with E-state index >= 15 is 0 Å². The van der Waals surface area contributed by atoms with Gasteiger partial charge in [-0.05, 0) is 47.6 Å². The summed E-state index contributed by atoms with van der Waals surface area (Å²) in [6, 6.07) is 5.56. The third-order valence-electron chi connectivity index (χ3n) is 4.63. The van der Waals surface area contributed by atoms with Crippen molar-refractivity contribution in [3.63, 3.8) is 0 Å². The molecule has 1 aliphatic heterocycles. The standard InChI is InChI=1S/C16H21N5O3S/c1-10-5-4-6-11(2)14(10)21-16(25)20(17-18-21)9-19-8-12(22)7-13(19)15(23)24-3/h4-6,12-13,22H,7-9H2,1-3H3/p+1/t12-,13-/m0/s1. The number of aliphatic hydroxyl groups excluding tert-OH is 1. The fraction of sp³-hybridized carbons (Fsp3) is 0.500. The predicted octanol–water partition coefficient (Wildman–Crippen LogP) is -0.436. The Labute approximate surface area is 150 Å². The number of carbonyl (C=O) groups excluding carboxylic acids is 1. The smallest absolute Gasteiger partial charge is 0.364 e. The lowest BCUT2D eigenvalue weighted by atomic mass is 10.1. The molecule has 1 saturated heterocycles. The van der Waals surface area contributed by atoms with Gasteiger partial charge in [0.1, 0.15) is 12.6 Å². The van der Waals surface area contributed by atoms with Crippen molar-refractivity contribution in [3.8, 4) is 5.69 Å². The molecule has 1 aromatic carbocycles. The van der Waals surface area contributed by atoms with Crippen molar-refractivity contribution in [1.29, 1.82) is 0 Å². The maximum Gasteiger partial charge on any atom is 0.364 e. The minimum atomic E-state index is -0.540. The number of esters is 1. The van der Waals surface area contributed by atoms with E-state index in [0.29, 0.717) is 24.4 Å². The third kappa shape index (κ3) is 3.35. The molecule has 8 nitrogen and oxygen atoms in total. The summed E-state index contributed by atoms with van der Waals surface area (Å²) >= 11 is 5.53. The zero-order valence-corrected chi connectivity index (χ0v) is 15.3. The minimum Gasteiger partial charge on any atom is -0.465 e. The van der Waals surface area contributed by atoms with Crippen LogP contribution in [0.15, 0.2) is 18.2 Å². The van der Waals surface area contributed by atoms with E-state index in [1.165, 1.54) is 7.11 Å². The highest BCUT2D eigenvalue weighted by Crippen LogP contribution is 2.17. The van der Waals surface area contributed by atoms with Gasteiger partial charge in [0.15, 0.2) is 12.7 Å². The molecule has 3 atom stereocenters. The van der Waals surface area contributed by atoms with Gasteiger partial charge in [0, 0.05) is 6.42 Å². The molecule has 2 heterocycles. The molecule has 1 unspecified atom stereocenters. The molecule has 0 amide bonds. The van der Waals surface area contributed by atoms with Crippen LogP contribution in [0.4, 0.5) is 0 Å². The van der Waals surface area contributed by atoms with Crippen molar-refractivity contribution in [3.05, 3.63) is 34.1 Å². The molecule has 2 aromatic rings. The first-order valence-corrected chi connectivity index (χ1v) is 8.53. The summed E-state index contributed by atoms with van der Waals surface area (Å²) < 4.78 is 8.52. The molecular weight excluding hydrogens is 342 g/mol. The first-order chi connectivity index (χ1) is 11.9. The van der Waals surface area contributed by atoms with E-state index in [9.17, 15) is 9.90 Å². The Hall–Kier alpha value is -2.10. The van der Waals surface area contributed by atoms with Crippen molar-refractivity contribution in [2.75, 3.05) is 13.7 Å². The third-order valence-corrected chi connectivity index (χ3v) is 5.01. The molecule has 134 valence electrons. The number of nitrogens with one attached hydrogen (secondary N) is 1. The van der Waals surface area contributed by atoms with Crippen molar-refractivity contribution < 1.29 is 19.5 Å². The number of aryl methyl sites for hydroxylation is 2. The lowest BCUT2D eigenvalue weighted by Crippen LogP contribution is -3.14. The van der Waals surface area contributed by atoms with Crippen molar-refractivity contribution in [1.82, 2.24) is 19.8 Å². The summed E-state index contributed by atoms with van der Waals surface area (Å²) in [5, 5.41) is 18.3. The number of quaternary nitrogens is 1. The molecule has 3 rings (SSSR count). The molecule has 0 spiro atoms. The fourth-order valence-electron chi connectivity index (χ4n) is 3.39. The van der Waals surface area contributed by atoms with Crippen molar-refractivity contribution in [2.45, 2.75) is 39.1 Å². The van der Waals surface area contributed by atoms with Crippen LogP contribution in [0.5, 0.6) is 0 Å². The number of para-hydroxylation sites is 1. The number of ether oxygens (including phenoxy) is 1. The molecule has 1 aromatic heterocycles. The molecule has 25 heavy (non-hydrogen) atoms. The van der Waals surface area contributed by atoms with Crippen LogP contribution in [0, 0.1) is 18.6 Å². The van der Waals surface area contributed by atoms with Crippen LogP contribution < -0.4 is 4.90 Å². The van der Waals surface area contributed by atoms with E-state index < -0.39 is 12.1 Å². The molecule has 0 radical (unpaired) electrons. The van der Waals surface area contributed by atoms with E-state index in [2.05, 4.69) is 10.4 Å².